The Labute approximate surface area is 107 Å². The first-order valence-electron chi connectivity index (χ1n) is 6.09. The minimum absolute atomic E-state index is 0.0482. The predicted molar refractivity (Wildman–Crippen MR) is 68.1 cm³/mol. The third-order valence-electron chi connectivity index (χ3n) is 3.42. The van der Waals surface area contributed by atoms with Crippen LogP contribution in [0.2, 0.25) is 5.15 Å². The lowest BCUT2D eigenvalue weighted by atomic mass is 9.86. The van der Waals surface area contributed by atoms with E-state index in [2.05, 4.69) is 17.2 Å². The third-order valence-corrected chi connectivity index (χ3v) is 3.64. The first-order valence-corrected chi connectivity index (χ1v) is 6.47. The summed E-state index contributed by atoms with van der Waals surface area (Å²) in [5.74, 6) is 0.515. The van der Waals surface area contributed by atoms with Crippen molar-refractivity contribution in [2.45, 2.75) is 38.6 Å². The number of nitrogens with one attached hydrogen (secondary N) is 1. The molecule has 1 aliphatic carbocycles. The molecule has 2 atom stereocenters. The lowest BCUT2D eigenvalue weighted by Crippen LogP contribution is -2.41. The van der Waals surface area contributed by atoms with Crippen LogP contribution in [0.1, 0.15) is 43.0 Å². The van der Waals surface area contributed by atoms with Crippen molar-refractivity contribution >= 4 is 17.5 Å². The minimum atomic E-state index is -0.0482. The summed E-state index contributed by atoms with van der Waals surface area (Å²) in [6.07, 6.45) is 6.27. The maximum atomic E-state index is 12.0. The van der Waals surface area contributed by atoms with Crippen molar-refractivity contribution in [3.63, 3.8) is 0 Å². The number of amides is 1. The standard InChI is InChI=1S/C13H17ClN2O/c1-9-4-2-3-5-11(9)16-13(17)10-6-7-12(14)15-8-10/h6-9,11H,2-5H2,1H3,(H,16,17)/t9-,11-/m0/s1. The van der Waals surface area contributed by atoms with Gasteiger partial charge in [-0.2, -0.15) is 0 Å². The van der Waals surface area contributed by atoms with Crippen LogP contribution in [0.15, 0.2) is 18.3 Å². The van der Waals surface area contributed by atoms with Gasteiger partial charge in [0, 0.05) is 12.2 Å². The Morgan fingerprint density at radius 1 is 1.41 bits per heavy atom. The van der Waals surface area contributed by atoms with Gasteiger partial charge >= 0.3 is 0 Å². The van der Waals surface area contributed by atoms with E-state index in [1.165, 1.54) is 25.5 Å². The zero-order valence-corrected chi connectivity index (χ0v) is 10.7. The number of rotatable bonds is 2. The molecule has 1 aromatic rings. The second-order valence-corrected chi connectivity index (χ2v) is 5.10. The van der Waals surface area contributed by atoms with Crippen LogP contribution in [0.25, 0.3) is 0 Å². The van der Waals surface area contributed by atoms with Gasteiger partial charge in [0.1, 0.15) is 5.15 Å². The molecule has 1 N–H and O–H groups in total. The van der Waals surface area contributed by atoms with Crippen LogP contribution in [-0.2, 0) is 0 Å². The van der Waals surface area contributed by atoms with Gasteiger partial charge in [-0.15, -0.1) is 0 Å². The van der Waals surface area contributed by atoms with Crippen molar-refractivity contribution in [1.82, 2.24) is 10.3 Å². The zero-order chi connectivity index (χ0) is 12.3. The summed E-state index contributed by atoms with van der Waals surface area (Å²) in [6, 6.07) is 3.64. The van der Waals surface area contributed by atoms with Crippen LogP contribution >= 0.6 is 11.6 Å². The minimum Gasteiger partial charge on any atom is -0.349 e. The molecule has 0 bridgehead atoms. The molecule has 92 valence electrons. The lowest BCUT2D eigenvalue weighted by Gasteiger charge is -2.29. The predicted octanol–water partition coefficient (Wildman–Crippen LogP) is 3.04. The van der Waals surface area contributed by atoms with Crippen LogP contribution in [-0.4, -0.2) is 16.9 Å². The van der Waals surface area contributed by atoms with E-state index in [1.807, 2.05) is 0 Å². The number of hydrogen-bond donors (Lipinski definition) is 1. The van der Waals surface area contributed by atoms with Gasteiger partial charge in [-0.25, -0.2) is 4.98 Å². The van der Waals surface area contributed by atoms with E-state index in [0.29, 0.717) is 22.7 Å². The molecule has 1 aromatic heterocycles. The fourth-order valence-corrected chi connectivity index (χ4v) is 2.40. The van der Waals surface area contributed by atoms with E-state index in [0.717, 1.165) is 6.42 Å². The third kappa shape index (κ3) is 3.19. The molecule has 17 heavy (non-hydrogen) atoms. The Morgan fingerprint density at radius 2 is 2.18 bits per heavy atom. The topological polar surface area (TPSA) is 42.0 Å². The Bertz CT molecular complexity index is 391. The van der Waals surface area contributed by atoms with Crippen molar-refractivity contribution in [3.05, 3.63) is 29.0 Å². The molecule has 4 heteroatoms. The highest BCUT2D eigenvalue weighted by Gasteiger charge is 2.23. The molecule has 1 aliphatic rings. The smallest absolute Gasteiger partial charge is 0.253 e. The van der Waals surface area contributed by atoms with Crippen molar-refractivity contribution in [1.29, 1.82) is 0 Å². The van der Waals surface area contributed by atoms with Gasteiger partial charge in [-0.05, 0) is 30.9 Å². The molecule has 3 nitrogen and oxygen atoms in total. The summed E-state index contributed by atoms with van der Waals surface area (Å²) < 4.78 is 0. The van der Waals surface area contributed by atoms with Crippen LogP contribution in [0, 0.1) is 5.92 Å². The molecule has 2 rings (SSSR count). The molecule has 1 fully saturated rings. The van der Waals surface area contributed by atoms with Crippen LogP contribution in [0.3, 0.4) is 0 Å². The number of pyridine rings is 1. The average molecular weight is 253 g/mol. The molecule has 1 saturated carbocycles. The second kappa shape index (κ2) is 5.50. The van der Waals surface area contributed by atoms with E-state index in [9.17, 15) is 4.79 Å². The van der Waals surface area contributed by atoms with Gasteiger partial charge in [0.05, 0.1) is 5.56 Å². The molecule has 0 radical (unpaired) electrons. The first kappa shape index (κ1) is 12.4. The molecular formula is C13H17ClN2O. The summed E-state index contributed by atoms with van der Waals surface area (Å²) in [5, 5.41) is 3.49. The Morgan fingerprint density at radius 3 is 2.82 bits per heavy atom. The van der Waals surface area contributed by atoms with E-state index in [4.69, 9.17) is 11.6 Å². The number of carbonyl (C=O) groups is 1. The molecule has 1 amide bonds. The zero-order valence-electron chi connectivity index (χ0n) is 9.95. The summed E-state index contributed by atoms with van der Waals surface area (Å²) in [4.78, 5) is 15.9. The van der Waals surface area contributed by atoms with Gasteiger partial charge in [-0.1, -0.05) is 31.4 Å². The molecule has 0 unspecified atom stereocenters. The molecule has 0 aromatic carbocycles. The highest BCUT2D eigenvalue weighted by atomic mass is 35.5. The average Bonchev–Trinajstić information content (AvgIpc) is 2.33. The Kier molecular flexibility index (Phi) is 4.00. The van der Waals surface area contributed by atoms with Gasteiger partial charge in [-0.3, -0.25) is 4.79 Å². The summed E-state index contributed by atoms with van der Waals surface area (Å²) in [5.41, 5.74) is 0.576. The molecule has 0 spiro atoms. The van der Waals surface area contributed by atoms with Crippen LogP contribution in [0.5, 0.6) is 0 Å². The van der Waals surface area contributed by atoms with Crippen molar-refractivity contribution < 1.29 is 4.79 Å². The fourth-order valence-electron chi connectivity index (χ4n) is 2.29. The van der Waals surface area contributed by atoms with Crippen molar-refractivity contribution in [3.8, 4) is 0 Å². The van der Waals surface area contributed by atoms with E-state index in [1.54, 1.807) is 12.1 Å². The normalized spacial score (nSPS) is 24.4. The summed E-state index contributed by atoms with van der Waals surface area (Å²) >= 11 is 5.69. The quantitative estimate of drug-likeness (QED) is 0.822. The highest BCUT2D eigenvalue weighted by molar-refractivity contribution is 6.29. The largest absolute Gasteiger partial charge is 0.349 e. The molecule has 0 saturated heterocycles. The number of carbonyl (C=O) groups excluding carboxylic acids is 1. The first-order chi connectivity index (χ1) is 8.16. The number of nitrogens with zero attached hydrogens (tertiary/aromatic N) is 1. The van der Waals surface area contributed by atoms with Gasteiger partial charge in [0.25, 0.3) is 5.91 Å². The van der Waals surface area contributed by atoms with Crippen LogP contribution in [0.4, 0.5) is 0 Å². The van der Waals surface area contributed by atoms with Gasteiger partial charge in [0.2, 0.25) is 0 Å². The SMILES string of the molecule is C[C@H]1CCCC[C@@H]1NC(=O)c1ccc(Cl)nc1. The molecular weight excluding hydrogens is 236 g/mol. The Balaban J connectivity index is 1.98. The summed E-state index contributed by atoms with van der Waals surface area (Å²) in [6.45, 7) is 2.20. The van der Waals surface area contributed by atoms with Crippen molar-refractivity contribution in [2.75, 3.05) is 0 Å². The molecule has 0 aliphatic heterocycles. The van der Waals surface area contributed by atoms with E-state index < -0.39 is 0 Å². The number of aromatic nitrogens is 1. The maximum absolute atomic E-state index is 12.0. The lowest BCUT2D eigenvalue weighted by molar-refractivity contribution is 0.0910. The maximum Gasteiger partial charge on any atom is 0.253 e. The van der Waals surface area contributed by atoms with Crippen molar-refractivity contribution in [2.24, 2.45) is 5.92 Å². The fraction of sp³-hybridized carbons (Fsp3) is 0.538. The van der Waals surface area contributed by atoms with Gasteiger partial charge in [0.15, 0.2) is 0 Å². The van der Waals surface area contributed by atoms with E-state index >= 15 is 0 Å². The number of halogens is 1. The molecule has 1 heterocycles. The number of hydrogen-bond acceptors (Lipinski definition) is 2. The second-order valence-electron chi connectivity index (χ2n) is 4.71. The van der Waals surface area contributed by atoms with Gasteiger partial charge < -0.3 is 5.32 Å². The monoisotopic (exact) mass is 252 g/mol. The summed E-state index contributed by atoms with van der Waals surface area (Å²) in [7, 11) is 0. The van der Waals surface area contributed by atoms with Crippen LogP contribution < -0.4 is 5.32 Å². The Hall–Kier alpha value is -1.09. The highest BCUT2D eigenvalue weighted by Crippen LogP contribution is 2.23. The van der Waals surface area contributed by atoms with E-state index in [-0.39, 0.29) is 5.91 Å².